The van der Waals surface area contributed by atoms with Crippen LogP contribution in [0, 0.1) is 0 Å². The Labute approximate surface area is 41.3 Å². The molecule has 4 heteroatoms. The first-order chi connectivity index (χ1) is 1.41. The monoisotopic (exact) mass is 67.0 g/mol. The van der Waals surface area contributed by atoms with Gasteiger partial charge in [0.05, 0.1) is 0 Å². The Balaban J connectivity index is 0. The molecule has 17 valence electrons. The van der Waals surface area contributed by atoms with Crippen molar-refractivity contribution in [3.8, 4) is 0 Å². The molecule has 0 N–H and O–H groups in total. The maximum atomic E-state index is 8.25. The average molecular weight is 67.1 g/mol. The summed E-state index contributed by atoms with van der Waals surface area (Å²) in [6.07, 6.45) is 0. The Morgan fingerprint density at radius 1 is 1.25 bits per heavy atom. The molecule has 0 atom stereocenters. The van der Waals surface area contributed by atoms with E-state index in [-0.39, 0.29) is 23.1 Å². The maximum absolute atomic E-state index is 8.25. The molecule has 0 aliphatic rings. The van der Waals surface area contributed by atoms with Gasteiger partial charge in [-0.2, -0.15) is 0 Å². The van der Waals surface area contributed by atoms with Crippen molar-refractivity contribution in [3.63, 3.8) is 0 Å². The molecule has 0 rings (SSSR count). The van der Waals surface area contributed by atoms with Crippen molar-refractivity contribution in [2.45, 2.75) is 0 Å². The molecule has 1 radical (unpaired) electrons. The number of hydrogen-bond acceptors (Lipinski definition) is 2. The summed E-state index contributed by atoms with van der Waals surface area (Å²) in [4.78, 5) is 0. The fraction of sp³-hybridized carbons (Fsp3) is 0. The Hall–Kier alpha value is 0.751. The minimum absolute atomic E-state index is 0. The molecule has 0 spiro atoms. The molecule has 0 aliphatic heterocycles. The van der Waals surface area contributed by atoms with Crippen molar-refractivity contribution in [3.05, 3.63) is 0 Å². The Kier molecular flexibility index (Phi) is 20.4. The quantitative estimate of drug-likeness (QED) is 0.281. The molecule has 0 saturated heterocycles. The van der Waals surface area contributed by atoms with E-state index < -0.39 is 7.69 Å². The van der Waals surface area contributed by atoms with Gasteiger partial charge in [0.1, 0.15) is 0 Å². The van der Waals surface area contributed by atoms with Gasteiger partial charge in [-0.25, -0.2) is 7.69 Å². The van der Waals surface area contributed by atoms with E-state index in [0.29, 0.717) is 0 Å². The largest absolute Gasteiger partial charge is 2.00 e. The van der Waals surface area contributed by atoms with Gasteiger partial charge in [0.2, 0.25) is 0 Å². The van der Waals surface area contributed by atoms with Crippen LogP contribution in [0.25, 0.3) is 0 Å². The summed E-state index contributed by atoms with van der Waals surface area (Å²) in [5, 5.41) is 16.5. The zero-order valence-electron chi connectivity index (χ0n) is 2.10. The van der Waals surface area contributed by atoms with Gasteiger partial charge in [-0.1, -0.05) is 0 Å². The Bertz CT molecular complexity index is 6.00. The molecular weight excluding hydrogens is 67.1 g/mol. The molecule has 0 bridgehead atoms. The zero-order chi connectivity index (χ0) is 2.71. The van der Waals surface area contributed by atoms with Crippen LogP contribution >= 0.6 is 0 Å². The van der Waals surface area contributed by atoms with Crippen molar-refractivity contribution >= 4 is 30.7 Å². The molecule has 0 aliphatic carbocycles. The van der Waals surface area contributed by atoms with Crippen molar-refractivity contribution < 1.29 is 10.0 Å². The van der Waals surface area contributed by atoms with Gasteiger partial charge in [-0.3, -0.25) is 0 Å². The Morgan fingerprint density at radius 2 is 1.25 bits per heavy atom. The van der Waals surface area contributed by atoms with Crippen LogP contribution in [-0.4, -0.2) is 30.7 Å². The standard InChI is InChI=1S/BO2.Mg/c2-1-3;/q-2;+2. The molecular formula is BMgO2. The van der Waals surface area contributed by atoms with Gasteiger partial charge in [0, 0.05) is 0 Å². The fourth-order valence-electron chi connectivity index (χ4n) is 0. The second-order valence-electron chi connectivity index (χ2n) is 0.0962. The smallest absolute Gasteiger partial charge is 0.900 e. The SMILES string of the molecule is [Mg+2].[O-][B][O-]. The van der Waals surface area contributed by atoms with E-state index >= 15 is 0 Å². The third kappa shape index (κ3) is 15.0. The maximum Gasteiger partial charge on any atom is 2.00 e. The summed E-state index contributed by atoms with van der Waals surface area (Å²) in [5.74, 6) is 0. The molecule has 0 unspecified atom stereocenters. The van der Waals surface area contributed by atoms with Crippen LogP contribution in [0.3, 0.4) is 0 Å². The molecule has 0 aromatic heterocycles. The van der Waals surface area contributed by atoms with Crippen LogP contribution < -0.4 is 10.0 Å². The molecule has 0 saturated carbocycles. The van der Waals surface area contributed by atoms with Gasteiger partial charge in [-0.05, 0) is 0 Å². The summed E-state index contributed by atoms with van der Waals surface area (Å²) in [6.45, 7) is 0. The second-order valence-corrected chi connectivity index (χ2v) is 0.0962. The van der Waals surface area contributed by atoms with Crippen molar-refractivity contribution in [1.29, 1.82) is 0 Å². The molecule has 0 heterocycles. The summed E-state index contributed by atoms with van der Waals surface area (Å²) in [7, 11) is -0.500. The number of hydrogen-bond donors (Lipinski definition) is 0. The van der Waals surface area contributed by atoms with Crippen LogP contribution in [0.5, 0.6) is 0 Å². The van der Waals surface area contributed by atoms with Gasteiger partial charge in [-0.15, -0.1) is 0 Å². The molecule has 0 aromatic carbocycles. The van der Waals surface area contributed by atoms with E-state index in [4.69, 9.17) is 10.0 Å². The van der Waals surface area contributed by atoms with E-state index in [1.807, 2.05) is 0 Å². The van der Waals surface area contributed by atoms with Crippen molar-refractivity contribution in [1.82, 2.24) is 0 Å². The molecule has 4 heavy (non-hydrogen) atoms. The van der Waals surface area contributed by atoms with E-state index in [0.717, 1.165) is 0 Å². The van der Waals surface area contributed by atoms with Crippen LogP contribution in [-0.2, 0) is 0 Å². The normalized spacial score (nSPS) is 3.50. The third-order valence-corrected chi connectivity index (χ3v) is 0. The predicted molar refractivity (Wildman–Crippen MR) is 11.5 cm³/mol. The van der Waals surface area contributed by atoms with Crippen LogP contribution in [0.1, 0.15) is 0 Å². The topological polar surface area (TPSA) is 46.1 Å². The van der Waals surface area contributed by atoms with Gasteiger partial charge < -0.3 is 10.0 Å². The van der Waals surface area contributed by atoms with Gasteiger partial charge >= 0.3 is 23.1 Å². The summed E-state index contributed by atoms with van der Waals surface area (Å²) in [5.41, 5.74) is 0. The molecule has 0 aromatic rings. The van der Waals surface area contributed by atoms with Gasteiger partial charge in [0.25, 0.3) is 0 Å². The predicted octanol–water partition coefficient (Wildman–Crippen LogP) is -3.14. The first-order valence-corrected chi connectivity index (χ1v) is 0.471. The van der Waals surface area contributed by atoms with Crippen LogP contribution in [0.2, 0.25) is 0 Å². The van der Waals surface area contributed by atoms with Crippen molar-refractivity contribution in [2.24, 2.45) is 0 Å². The third-order valence-electron chi connectivity index (χ3n) is 0. The molecule has 2 nitrogen and oxygen atoms in total. The zero-order valence-corrected chi connectivity index (χ0v) is 3.52. The van der Waals surface area contributed by atoms with E-state index in [2.05, 4.69) is 0 Å². The Morgan fingerprint density at radius 3 is 1.25 bits per heavy atom. The minimum atomic E-state index is -0.500. The van der Waals surface area contributed by atoms with Crippen LogP contribution in [0.15, 0.2) is 0 Å². The van der Waals surface area contributed by atoms with Gasteiger partial charge in [0.15, 0.2) is 0 Å². The first-order valence-electron chi connectivity index (χ1n) is 0.471. The van der Waals surface area contributed by atoms with Crippen molar-refractivity contribution in [2.75, 3.05) is 0 Å². The van der Waals surface area contributed by atoms with Crippen LogP contribution in [0.4, 0.5) is 0 Å². The first kappa shape index (κ1) is 8.83. The second kappa shape index (κ2) is 9.26. The van der Waals surface area contributed by atoms with E-state index in [1.165, 1.54) is 0 Å². The van der Waals surface area contributed by atoms with E-state index in [9.17, 15) is 0 Å². The molecule has 0 amide bonds. The molecule has 0 fully saturated rings. The summed E-state index contributed by atoms with van der Waals surface area (Å²) >= 11 is 0. The van der Waals surface area contributed by atoms with E-state index in [1.54, 1.807) is 0 Å². The fourth-order valence-corrected chi connectivity index (χ4v) is 0. The minimum Gasteiger partial charge on any atom is -0.900 e. The summed E-state index contributed by atoms with van der Waals surface area (Å²) in [6, 6.07) is 0. The summed E-state index contributed by atoms with van der Waals surface area (Å²) < 4.78 is 0. The number of rotatable bonds is 0. The average Bonchev–Trinajstić information content (AvgIpc) is 0.918.